The maximum atomic E-state index is 12.0. The van der Waals surface area contributed by atoms with Crippen molar-refractivity contribution < 1.29 is 8.42 Å². The maximum absolute atomic E-state index is 12.0. The van der Waals surface area contributed by atoms with Gasteiger partial charge in [-0.15, -0.1) is 16.8 Å². The number of hydrogen-bond donors (Lipinski definition) is 1. The first kappa shape index (κ1) is 14.3. The van der Waals surface area contributed by atoms with Crippen LogP contribution in [0.3, 0.4) is 0 Å². The number of amidine groups is 1. The van der Waals surface area contributed by atoms with Crippen LogP contribution in [0.4, 0.5) is 0 Å². The van der Waals surface area contributed by atoms with Gasteiger partial charge in [0.1, 0.15) is 4.90 Å². The van der Waals surface area contributed by atoms with E-state index in [1.807, 2.05) is 17.0 Å². The zero-order chi connectivity index (χ0) is 12.8. The summed E-state index contributed by atoms with van der Waals surface area (Å²) in [6.45, 7) is 1.35. The first-order valence-electron chi connectivity index (χ1n) is 6.04. The second kappa shape index (κ2) is 5.11. The smallest absolute Gasteiger partial charge is 0.285 e. The molecule has 1 unspecified atom stereocenters. The van der Waals surface area contributed by atoms with Crippen LogP contribution in [0.2, 0.25) is 0 Å². The Labute approximate surface area is 119 Å². The highest BCUT2D eigenvalue weighted by molar-refractivity contribution is 7.90. The first-order valence-corrected chi connectivity index (χ1v) is 7.48. The molecule has 0 spiro atoms. The van der Waals surface area contributed by atoms with Gasteiger partial charge in [0.05, 0.1) is 0 Å². The Bertz CT molecular complexity index is 615. The van der Waals surface area contributed by atoms with Crippen LogP contribution in [0.1, 0.15) is 18.4 Å². The number of halogens is 1. The Morgan fingerprint density at radius 1 is 1.37 bits per heavy atom. The summed E-state index contributed by atoms with van der Waals surface area (Å²) < 4.78 is 27.9. The zero-order valence-electron chi connectivity index (χ0n) is 10.3. The van der Waals surface area contributed by atoms with Gasteiger partial charge in [0, 0.05) is 24.7 Å². The van der Waals surface area contributed by atoms with Crippen molar-refractivity contribution in [1.82, 2.24) is 4.90 Å². The molecule has 0 saturated carbocycles. The summed E-state index contributed by atoms with van der Waals surface area (Å²) in [6, 6.07) is 7.17. The Morgan fingerprint density at radius 3 is 2.84 bits per heavy atom. The summed E-state index contributed by atoms with van der Waals surface area (Å²) in [6.07, 6.45) is 2.03. The summed E-state index contributed by atoms with van der Waals surface area (Å²) in [4.78, 5) is 2.34. The minimum absolute atomic E-state index is 0. The van der Waals surface area contributed by atoms with Crippen molar-refractivity contribution in [3.63, 3.8) is 0 Å². The summed E-state index contributed by atoms with van der Waals surface area (Å²) >= 11 is 0. The second-order valence-electron chi connectivity index (χ2n) is 4.61. The average molecular weight is 302 g/mol. The second-order valence-corrected chi connectivity index (χ2v) is 6.18. The van der Waals surface area contributed by atoms with Crippen LogP contribution in [0.25, 0.3) is 0 Å². The van der Waals surface area contributed by atoms with Crippen molar-refractivity contribution in [1.29, 1.82) is 0 Å². The van der Waals surface area contributed by atoms with Crippen LogP contribution in [-0.4, -0.2) is 38.3 Å². The molecule has 2 N–H and O–H groups in total. The molecule has 0 amide bonds. The summed E-state index contributed by atoms with van der Waals surface area (Å²) in [5.74, 6) is 0.568. The van der Waals surface area contributed by atoms with Gasteiger partial charge in [0.25, 0.3) is 10.0 Å². The van der Waals surface area contributed by atoms with E-state index < -0.39 is 10.0 Å². The number of benzene rings is 1. The molecule has 5 nitrogen and oxygen atoms in total. The van der Waals surface area contributed by atoms with Crippen LogP contribution < -0.4 is 5.73 Å². The molecule has 1 aromatic rings. The Hall–Kier alpha value is -1.11. The third-order valence-corrected chi connectivity index (χ3v) is 4.86. The highest BCUT2D eigenvalue weighted by Gasteiger charge is 2.35. The number of fused-ring (bicyclic) bond motifs is 1. The lowest BCUT2D eigenvalue weighted by atomic mass is 10.1. The van der Waals surface area contributed by atoms with Crippen molar-refractivity contribution in [3.8, 4) is 0 Å². The number of nitrogens with zero attached hydrogens (tertiary/aromatic N) is 2. The highest BCUT2D eigenvalue weighted by Crippen LogP contribution is 2.30. The molecule has 2 aliphatic rings. The van der Waals surface area contributed by atoms with Gasteiger partial charge >= 0.3 is 0 Å². The Morgan fingerprint density at radius 2 is 2.11 bits per heavy atom. The molecular formula is C12H16ClN3O2S. The van der Waals surface area contributed by atoms with Crippen LogP contribution >= 0.6 is 12.4 Å². The number of rotatable bonds is 1. The molecule has 3 rings (SSSR count). The van der Waals surface area contributed by atoms with Gasteiger partial charge in [-0.1, -0.05) is 12.1 Å². The molecule has 7 heteroatoms. The quantitative estimate of drug-likeness (QED) is 0.839. The van der Waals surface area contributed by atoms with E-state index in [0.717, 1.165) is 19.4 Å². The predicted molar refractivity (Wildman–Crippen MR) is 76.2 cm³/mol. The SMILES string of the molecule is Cl.NCC1CCCN1C1=NS(=O)(=O)c2ccccc21. The van der Waals surface area contributed by atoms with Crippen LogP contribution in [0, 0.1) is 0 Å². The molecule has 0 radical (unpaired) electrons. The van der Waals surface area contributed by atoms with E-state index in [-0.39, 0.29) is 18.4 Å². The average Bonchev–Trinajstić information content (AvgIpc) is 2.92. The lowest BCUT2D eigenvalue weighted by molar-refractivity contribution is 0.397. The van der Waals surface area contributed by atoms with Crippen molar-refractivity contribution >= 4 is 28.3 Å². The third-order valence-electron chi connectivity index (χ3n) is 3.53. The van der Waals surface area contributed by atoms with Crippen LogP contribution in [-0.2, 0) is 10.0 Å². The number of nitrogens with two attached hydrogens (primary N) is 1. The lowest BCUT2D eigenvalue weighted by Crippen LogP contribution is -2.39. The van der Waals surface area contributed by atoms with Crippen molar-refractivity contribution in [2.24, 2.45) is 10.1 Å². The van der Waals surface area contributed by atoms with E-state index in [1.165, 1.54) is 0 Å². The molecule has 1 fully saturated rings. The van der Waals surface area contributed by atoms with E-state index in [0.29, 0.717) is 22.8 Å². The molecule has 2 heterocycles. The van der Waals surface area contributed by atoms with Gasteiger partial charge in [0.15, 0.2) is 5.84 Å². The van der Waals surface area contributed by atoms with E-state index in [2.05, 4.69) is 4.40 Å². The lowest BCUT2D eigenvalue weighted by Gasteiger charge is -2.25. The Balaban J connectivity index is 0.00000133. The van der Waals surface area contributed by atoms with Gasteiger partial charge in [-0.3, -0.25) is 0 Å². The zero-order valence-corrected chi connectivity index (χ0v) is 12.0. The predicted octanol–water partition coefficient (Wildman–Crippen LogP) is 0.980. The standard InChI is InChI=1S/C12H15N3O2S.ClH/c13-8-9-4-3-7-15(9)12-10-5-1-2-6-11(10)18(16,17)14-12;/h1-2,5-6,9H,3-4,7-8,13H2;1H. The fourth-order valence-electron chi connectivity index (χ4n) is 2.66. The minimum Gasteiger partial charge on any atom is -0.351 e. The first-order chi connectivity index (χ1) is 8.63. The number of sulfonamides is 1. The molecule has 0 bridgehead atoms. The molecule has 0 aliphatic carbocycles. The minimum atomic E-state index is -3.52. The largest absolute Gasteiger partial charge is 0.351 e. The molecule has 1 saturated heterocycles. The van der Waals surface area contributed by atoms with Crippen LogP contribution in [0.5, 0.6) is 0 Å². The molecular weight excluding hydrogens is 286 g/mol. The fourth-order valence-corrected chi connectivity index (χ4v) is 3.87. The van der Waals surface area contributed by atoms with E-state index >= 15 is 0 Å². The van der Waals surface area contributed by atoms with E-state index in [1.54, 1.807) is 12.1 Å². The van der Waals surface area contributed by atoms with Crippen LogP contribution in [0.15, 0.2) is 33.6 Å². The third kappa shape index (κ3) is 2.24. The van der Waals surface area contributed by atoms with Gasteiger partial charge in [0.2, 0.25) is 0 Å². The molecule has 19 heavy (non-hydrogen) atoms. The van der Waals surface area contributed by atoms with Gasteiger partial charge < -0.3 is 10.6 Å². The topological polar surface area (TPSA) is 75.8 Å². The van der Waals surface area contributed by atoms with E-state index in [4.69, 9.17) is 5.73 Å². The molecule has 1 aromatic carbocycles. The molecule has 2 aliphatic heterocycles. The Kier molecular flexibility index (Phi) is 3.85. The summed E-state index contributed by atoms with van der Waals surface area (Å²) in [5, 5.41) is 0. The fraction of sp³-hybridized carbons (Fsp3) is 0.417. The van der Waals surface area contributed by atoms with Crippen molar-refractivity contribution in [3.05, 3.63) is 29.8 Å². The monoisotopic (exact) mass is 301 g/mol. The van der Waals surface area contributed by atoms with Crippen molar-refractivity contribution in [2.45, 2.75) is 23.8 Å². The molecule has 1 atom stereocenters. The number of likely N-dealkylation sites (tertiary alicyclic amines) is 1. The van der Waals surface area contributed by atoms with Gasteiger partial charge in [-0.25, -0.2) is 0 Å². The number of hydrogen-bond acceptors (Lipinski definition) is 4. The van der Waals surface area contributed by atoms with Gasteiger partial charge in [-0.05, 0) is 25.0 Å². The maximum Gasteiger partial charge on any atom is 0.285 e. The molecule has 0 aromatic heterocycles. The summed E-state index contributed by atoms with van der Waals surface area (Å²) in [5.41, 5.74) is 6.44. The normalized spacial score (nSPS) is 23.7. The van der Waals surface area contributed by atoms with E-state index in [9.17, 15) is 8.42 Å². The molecule has 104 valence electrons. The van der Waals surface area contributed by atoms with Gasteiger partial charge in [-0.2, -0.15) is 8.42 Å². The van der Waals surface area contributed by atoms with Crippen molar-refractivity contribution in [2.75, 3.05) is 13.1 Å². The summed E-state index contributed by atoms with van der Waals surface area (Å²) in [7, 11) is -3.52. The highest BCUT2D eigenvalue weighted by atomic mass is 35.5.